The summed E-state index contributed by atoms with van der Waals surface area (Å²) in [5, 5.41) is 8.91. The molecule has 1 aromatic rings. The van der Waals surface area contributed by atoms with Crippen LogP contribution in [-0.2, 0) is 11.2 Å². The van der Waals surface area contributed by atoms with Crippen LogP contribution in [0.3, 0.4) is 0 Å². The highest BCUT2D eigenvalue weighted by atomic mass is 35.5. The summed E-state index contributed by atoms with van der Waals surface area (Å²) >= 11 is 6.04. The molecule has 1 fully saturated rings. The zero-order valence-corrected chi connectivity index (χ0v) is 10.0. The predicted molar refractivity (Wildman–Crippen MR) is 63.3 cm³/mol. The van der Waals surface area contributed by atoms with Gasteiger partial charge in [-0.3, -0.25) is 10.0 Å². The molecule has 5 heteroatoms. The van der Waals surface area contributed by atoms with Crippen LogP contribution >= 0.6 is 11.6 Å². The maximum atomic E-state index is 11.0. The zero-order chi connectivity index (χ0) is 12.3. The Morgan fingerprint density at radius 3 is 2.88 bits per heavy atom. The topological polar surface area (TPSA) is 58.6 Å². The minimum absolute atomic E-state index is 0.0964. The van der Waals surface area contributed by atoms with E-state index in [0.29, 0.717) is 23.3 Å². The Morgan fingerprint density at radius 2 is 2.29 bits per heavy atom. The number of carbonyl (C=O) groups is 1. The molecule has 0 aromatic heterocycles. The number of benzene rings is 1. The summed E-state index contributed by atoms with van der Waals surface area (Å²) in [6, 6.07) is 5.20. The van der Waals surface area contributed by atoms with Crippen molar-refractivity contribution in [2.45, 2.75) is 19.3 Å². The lowest BCUT2D eigenvalue weighted by atomic mass is 10.1. The summed E-state index contributed by atoms with van der Waals surface area (Å²) in [5.74, 6) is 0.852. The minimum Gasteiger partial charge on any atom is -0.492 e. The fraction of sp³-hybridized carbons (Fsp3) is 0.417. The average Bonchev–Trinajstić information content (AvgIpc) is 3.12. The monoisotopic (exact) mass is 255 g/mol. The number of carbonyl (C=O) groups excluding carboxylic acids is 1. The highest BCUT2D eigenvalue weighted by molar-refractivity contribution is 6.32. The van der Waals surface area contributed by atoms with Gasteiger partial charge < -0.3 is 4.74 Å². The van der Waals surface area contributed by atoms with Crippen molar-refractivity contribution in [3.8, 4) is 5.75 Å². The summed E-state index contributed by atoms with van der Waals surface area (Å²) in [5.41, 5.74) is 2.32. The van der Waals surface area contributed by atoms with Crippen molar-refractivity contribution in [1.29, 1.82) is 0 Å². The molecule has 4 nitrogen and oxygen atoms in total. The highest BCUT2D eigenvalue weighted by Crippen LogP contribution is 2.32. The first-order valence-corrected chi connectivity index (χ1v) is 5.91. The molecule has 0 aliphatic heterocycles. The Bertz CT molecular complexity index is 418. The van der Waals surface area contributed by atoms with Gasteiger partial charge in [0.05, 0.1) is 18.1 Å². The van der Waals surface area contributed by atoms with Crippen LogP contribution < -0.4 is 10.2 Å². The lowest BCUT2D eigenvalue weighted by Crippen LogP contribution is -2.20. The second kappa shape index (κ2) is 5.38. The van der Waals surface area contributed by atoms with Crippen molar-refractivity contribution in [2.24, 2.45) is 5.92 Å². The third kappa shape index (κ3) is 3.61. The van der Waals surface area contributed by atoms with Crippen LogP contribution in [0.25, 0.3) is 0 Å². The van der Waals surface area contributed by atoms with Crippen LogP contribution in [0.4, 0.5) is 0 Å². The molecule has 1 aliphatic rings. The van der Waals surface area contributed by atoms with E-state index in [0.717, 1.165) is 5.56 Å². The van der Waals surface area contributed by atoms with Crippen LogP contribution in [0.15, 0.2) is 18.2 Å². The molecular formula is C12H14ClNO3. The van der Waals surface area contributed by atoms with Crippen molar-refractivity contribution in [2.75, 3.05) is 6.61 Å². The van der Waals surface area contributed by atoms with Crippen LogP contribution in [-0.4, -0.2) is 17.7 Å². The molecule has 0 radical (unpaired) electrons. The number of hydrogen-bond donors (Lipinski definition) is 2. The molecule has 0 unspecified atom stereocenters. The van der Waals surface area contributed by atoms with E-state index in [2.05, 4.69) is 0 Å². The van der Waals surface area contributed by atoms with Crippen molar-refractivity contribution in [3.63, 3.8) is 0 Å². The lowest BCUT2D eigenvalue weighted by molar-refractivity contribution is -0.128. The van der Waals surface area contributed by atoms with Gasteiger partial charge >= 0.3 is 0 Å². The molecule has 0 bridgehead atoms. The third-order valence-electron chi connectivity index (χ3n) is 2.66. The smallest absolute Gasteiger partial charge is 0.247 e. The fourth-order valence-corrected chi connectivity index (χ4v) is 1.75. The predicted octanol–water partition coefficient (Wildman–Crippen LogP) is 2.18. The van der Waals surface area contributed by atoms with Gasteiger partial charge in [0.1, 0.15) is 5.75 Å². The highest BCUT2D eigenvalue weighted by Gasteiger charge is 2.22. The summed E-state index contributed by atoms with van der Waals surface area (Å²) < 4.78 is 5.57. The van der Waals surface area contributed by atoms with Crippen molar-refractivity contribution >= 4 is 17.5 Å². The molecule has 2 N–H and O–H groups in total. The van der Waals surface area contributed by atoms with E-state index >= 15 is 0 Å². The van der Waals surface area contributed by atoms with Crippen LogP contribution in [0.1, 0.15) is 18.4 Å². The van der Waals surface area contributed by atoms with E-state index in [-0.39, 0.29) is 6.42 Å². The fourth-order valence-electron chi connectivity index (χ4n) is 1.49. The molecule has 1 amide bonds. The Hall–Kier alpha value is -1.26. The number of nitrogens with one attached hydrogen (secondary N) is 1. The van der Waals surface area contributed by atoms with Gasteiger partial charge in [0.25, 0.3) is 0 Å². The van der Waals surface area contributed by atoms with E-state index in [1.165, 1.54) is 12.8 Å². The van der Waals surface area contributed by atoms with Crippen LogP contribution in [0.2, 0.25) is 5.02 Å². The van der Waals surface area contributed by atoms with Crippen molar-refractivity contribution in [3.05, 3.63) is 28.8 Å². The Balaban J connectivity index is 1.97. The first-order valence-electron chi connectivity index (χ1n) is 5.53. The summed E-state index contributed by atoms with van der Waals surface area (Å²) in [6.07, 6.45) is 2.55. The normalized spacial score (nSPS) is 14.5. The van der Waals surface area contributed by atoms with Gasteiger partial charge in [0, 0.05) is 0 Å². The van der Waals surface area contributed by atoms with E-state index in [1.807, 2.05) is 0 Å². The molecule has 2 rings (SSSR count). The van der Waals surface area contributed by atoms with Gasteiger partial charge in [-0.25, -0.2) is 5.48 Å². The maximum Gasteiger partial charge on any atom is 0.247 e. The largest absolute Gasteiger partial charge is 0.492 e. The summed E-state index contributed by atoms with van der Waals surface area (Å²) in [4.78, 5) is 11.0. The first kappa shape index (κ1) is 12.2. The van der Waals surface area contributed by atoms with E-state index < -0.39 is 5.91 Å². The number of hydroxylamine groups is 1. The molecule has 0 heterocycles. The van der Waals surface area contributed by atoms with Crippen LogP contribution in [0, 0.1) is 5.92 Å². The molecule has 1 saturated carbocycles. The molecule has 92 valence electrons. The molecule has 0 saturated heterocycles. The first-order chi connectivity index (χ1) is 8.19. The number of amides is 1. The van der Waals surface area contributed by atoms with Gasteiger partial charge in [-0.05, 0) is 36.5 Å². The third-order valence-corrected chi connectivity index (χ3v) is 2.95. The van der Waals surface area contributed by atoms with Gasteiger partial charge in [0.15, 0.2) is 0 Å². The van der Waals surface area contributed by atoms with Crippen molar-refractivity contribution < 1.29 is 14.7 Å². The quantitative estimate of drug-likeness (QED) is 0.626. The number of rotatable bonds is 5. The molecule has 0 spiro atoms. The number of hydrogen-bond acceptors (Lipinski definition) is 3. The number of halogens is 1. The van der Waals surface area contributed by atoms with Crippen LogP contribution in [0.5, 0.6) is 5.75 Å². The molecular weight excluding hydrogens is 242 g/mol. The van der Waals surface area contributed by atoms with Crippen molar-refractivity contribution in [1.82, 2.24) is 5.48 Å². The SMILES string of the molecule is O=C(Cc1ccc(OCC2CC2)c(Cl)c1)NO. The van der Waals surface area contributed by atoms with Gasteiger partial charge in [-0.2, -0.15) is 0 Å². The van der Waals surface area contributed by atoms with Gasteiger partial charge in [-0.15, -0.1) is 0 Å². The average molecular weight is 256 g/mol. The van der Waals surface area contributed by atoms with Gasteiger partial charge in [0.2, 0.25) is 5.91 Å². The van der Waals surface area contributed by atoms with E-state index in [9.17, 15) is 4.79 Å². The lowest BCUT2D eigenvalue weighted by Gasteiger charge is -2.08. The Kier molecular flexibility index (Phi) is 3.86. The molecule has 1 aliphatic carbocycles. The second-order valence-electron chi connectivity index (χ2n) is 4.23. The van der Waals surface area contributed by atoms with E-state index in [4.69, 9.17) is 21.5 Å². The summed E-state index contributed by atoms with van der Waals surface area (Å²) in [6.45, 7) is 0.705. The van der Waals surface area contributed by atoms with E-state index in [1.54, 1.807) is 23.7 Å². The molecule has 17 heavy (non-hydrogen) atoms. The van der Waals surface area contributed by atoms with Gasteiger partial charge in [-0.1, -0.05) is 17.7 Å². The zero-order valence-electron chi connectivity index (χ0n) is 9.28. The maximum absolute atomic E-state index is 11.0. The Morgan fingerprint density at radius 1 is 1.53 bits per heavy atom. The summed E-state index contributed by atoms with van der Waals surface area (Å²) in [7, 11) is 0. The molecule has 1 aromatic carbocycles. The second-order valence-corrected chi connectivity index (χ2v) is 4.64. The minimum atomic E-state index is -0.465. The number of ether oxygens (including phenoxy) is 1. The molecule has 0 atom stereocenters. The standard InChI is InChI=1S/C12H14ClNO3/c13-10-5-9(6-12(15)14-16)3-4-11(10)17-7-8-1-2-8/h3-5,8,16H,1-2,6-7H2,(H,14,15). The Labute approximate surface area is 104 Å².